The zero-order valence-electron chi connectivity index (χ0n) is 11.1. The van der Waals surface area contributed by atoms with Crippen molar-refractivity contribution in [3.05, 3.63) is 54.4 Å². The summed E-state index contributed by atoms with van der Waals surface area (Å²) in [5.41, 5.74) is 1.60. The van der Waals surface area contributed by atoms with Crippen molar-refractivity contribution in [3.63, 3.8) is 0 Å². The molecule has 1 aromatic heterocycles. The third-order valence-corrected chi connectivity index (χ3v) is 2.69. The number of pyridine rings is 1. The third-order valence-electron chi connectivity index (χ3n) is 2.69. The summed E-state index contributed by atoms with van der Waals surface area (Å²) in [6.07, 6.45) is 3.47. The molecule has 0 aliphatic carbocycles. The number of nitrogens with one attached hydrogen (secondary N) is 2. The van der Waals surface area contributed by atoms with Crippen molar-refractivity contribution in [3.8, 4) is 0 Å². The minimum absolute atomic E-state index is 0.104. The van der Waals surface area contributed by atoms with E-state index >= 15 is 0 Å². The van der Waals surface area contributed by atoms with Crippen LogP contribution in [0.5, 0.6) is 0 Å². The fourth-order valence-corrected chi connectivity index (χ4v) is 1.63. The van der Waals surface area contributed by atoms with Gasteiger partial charge in [0.1, 0.15) is 0 Å². The highest BCUT2D eigenvalue weighted by molar-refractivity contribution is 6.07. The number of rotatable bonds is 4. The van der Waals surface area contributed by atoms with Crippen LogP contribution < -0.4 is 10.6 Å². The van der Waals surface area contributed by atoms with Crippen molar-refractivity contribution in [1.29, 1.82) is 0 Å². The molecule has 0 fully saturated rings. The minimum Gasteiger partial charge on any atom is -0.324 e. The molecule has 0 saturated heterocycles. The molecule has 1 heterocycles. The zero-order valence-corrected chi connectivity index (χ0v) is 11.1. The second-order valence-electron chi connectivity index (χ2n) is 4.14. The highest BCUT2D eigenvalue weighted by Gasteiger charge is 2.10. The van der Waals surface area contributed by atoms with Gasteiger partial charge < -0.3 is 10.6 Å². The molecule has 5 heteroatoms. The molecule has 2 N–H and O–H groups in total. The number of amides is 2. The van der Waals surface area contributed by atoms with Crippen LogP contribution in [0.15, 0.2) is 48.8 Å². The monoisotopic (exact) mass is 269 g/mol. The Labute approximate surface area is 117 Å². The Balaban J connectivity index is 2.17. The van der Waals surface area contributed by atoms with E-state index in [9.17, 15) is 9.59 Å². The topological polar surface area (TPSA) is 71.1 Å². The van der Waals surface area contributed by atoms with Crippen LogP contribution >= 0.6 is 0 Å². The van der Waals surface area contributed by atoms with Crippen LogP contribution in [0, 0.1) is 0 Å². The van der Waals surface area contributed by atoms with Gasteiger partial charge in [-0.1, -0.05) is 19.1 Å². The average Bonchev–Trinajstić information content (AvgIpc) is 2.50. The summed E-state index contributed by atoms with van der Waals surface area (Å²) in [7, 11) is 0. The molecule has 1 aromatic carbocycles. The number of carbonyl (C=O) groups excluding carboxylic acids is 2. The van der Waals surface area contributed by atoms with E-state index in [2.05, 4.69) is 15.6 Å². The maximum atomic E-state index is 12.1. The van der Waals surface area contributed by atoms with E-state index in [4.69, 9.17) is 0 Å². The summed E-state index contributed by atoms with van der Waals surface area (Å²) in [5, 5.41) is 5.51. The Kier molecular flexibility index (Phi) is 4.44. The second kappa shape index (κ2) is 6.47. The van der Waals surface area contributed by atoms with Crippen LogP contribution in [0.4, 0.5) is 11.4 Å². The molecule has 0 saturated carbocycles. The third kappa shape index (κ3) is 3.41. The van der Waals surface area contributed by atoms with E-state index in [1.165, 1.54) is 6.20 Å². The maximum absolute atomic E-state index is 12.1. The molecule has 0 aliphatic heterocycles. The van der Waals surface area contributed by atoms with Gasteiger partial charge in [-0.05, 0) is 24.3 Å². The van der Waals surface area contributed by atoms with E-state index in [1.54, 1.807) is 49.5 Å². The van der Waals surface area contributed by atoms with Crippen LogP contribution in [0.1, 0.15) is 23.7 Å². The van der Waals surface area contributed by atoms with E-state index in [1.807, 2.05) is 0 Å². The largest absolute Gasteiger partial charge is 0.324 e. The number of hydrogen-bond acceptors (Lipinski definition) is 3. The first-order valence-corrected chi connectivity index (χ1v) is 6.31. The van der Waals surface area contributed by atoms with Gasteiger partial charge in [-0.25, -0.2) is 0 Å². The number of hydrogen-bond donors (Lipinski definition) is 2. The molecule has 0 aliphatic rings. The van der Waals surface area contributed by atoms with E-state index in [0.29, 0.717) is 23.4 Å². The first kappa shape index (κ1) is 13.7. The van der Waals surface area contributed by atoms with Crippen molar-refractivity contribution in [2.45, 2.75) is 13.3 Å². The molecule has 2 rings (SSSR count). The van der Waals surface area contributed by atoms with Gasteiger partial charge in [0.05, 0.1) is 16.9 Å². The summed E-state index contributed by atoms with van der Waals surface area (Å²) < 4.78 is 0. The molecule has 102 valence electrons. The van der Waals surface area contributed by atoms with Crippen molar-refractivity contribution in [1.82, 2.24) is 4.98 Å². The van der Waals surface area contributed by atoms with Crippen LogP contribution in [0.3, 0.4) is 0 Å². The molecule has 0 bridgehead atoms. The molecule has 0 spiro atoms. The van der Waals surface area contributed by atoms with Crippen molar-refractivity contribution in [2.75, 3.05) is 10.6 Å². The predicted octanol–water partition coefficient (Wildman–Crippen LogP) is 2.68. The smallest absolute Gasteiger partial charge is 0.257 e. The summed E-state index contributed by atoms with van der Waals surface area (Å²) in [5.74, 6) is -0.371. The number of nitrogens with zero attached hydrogens (tertiary/aromatic N) is 1. The van der Waals surface area contributed by atoms with Crippen molar-refractivity contribution in [2.24, 2.45) is 0 Å². The molecule has 0 radical (unpaired) electrons. The summed E-state index contributed by atoms with van der Waals surface area (Å²) >= 11 is 0. The summed E-state index contributed by atoms with van der Waals surface area (Å²) in [4.78, 5) is 27.4. The average molecular weight is 269 g/mol. The number of anilines is 2. The van der Waals surface area contributed by atoms with E-state index in [0.717, 1.165) is 0 Å². The lowest BCUT2D eigenvalue weighted by Crippen LogP contribution is -2.16. The fraction of sp³-hybridized carbons (Fsp3) is 0.133. The molecule has 20 heavy (non-hydrogen) atoms. The highest BCUT2D eigenvalue weighted by atomic mass is 16.2. The molecule has 5 nitrogen and oxygen atoms in total. The normalized spacial score (nSPS) is 9.85. The molecule has 2 amide bonds. The van der Waals surface area contributed by atoms with Crippen LogP contribution in [0.25, 0.3) is 0 Å². The molecular weight excluding hydrogens is 254 g/mol. The first-order valence-electron chi connectivity index (χ1n) is 6.31. The zero-order chi connectivity index (χ0) is 14.4. The lowest BCUT2D eigenvalue weighted by Gasteiger charge is -2.11. The number of carbonyl (C=O) groups is 2. The molecular formula is C15H15N3O2. The van der Waals surface area contributed by atoms with Gasteiger partial charge in [0.25, 0.3) is 5.91 Å². The Hall–Kier alpha value is -2.69. The van der Waals surface area contributed by atoms with Gasteiger partial charge in [0, 0.05) is 18.8 Å². The lowest BCUT2D eigenvalue weighted by molar-refractivity contribution is -0.115. The number of benzene rings is 1. The number of aromatic nitrogens is 1. The van der Waals surface area contributed by atoms with Gasteiger partial charge >= 0.3 is 0 Å². The van der Waals surface area contributed by atoms with Gasteiger partial charge in [-0.3, -0.25) is 14.6 Å². The Bertz CT molecular complexity index is 612. The van der Waals surface area contributed by atoms with Gasteiger partial charge in [0.15, 0.2) is 0 Å². The van der Waals surface area contributed by atoms with Crippen molar-refractivity contribution < 1.29 is 9.59 Å². The summed E-state index contributed by atoms with van der Waals surface area (Å²) in [6.45, 7) is 1.77. The van der Waals surface area contributed by atoms with Crippen LogP contribution in [-0.2, 0) is 4.79 Å². The lowest BCUT2D eigenvalue weighted by atomic mass is 10.2. The van der Waals surface area contributed by atoms with Gasteiger partial charge in [-0.15, -0.1) is 0 Å². The quantitative estimate of drug-likeness (QED) is 0.896. The minimum atomic E-state index is -0.267. The maximum Gasteiger partial charge on any atom is 0.257 e. The van der Waals surface area contributed by atoms with Gasteiger partial charge in [0.2, 0.25) is 5.91 Å². The summed E-state index contributed by atoms with van der Waals surface area (Å²) in [6, 6.07) is 10.4. The Morgan fingerprint density at radius 3 is 2.35 bits per heavy atom. The SMILES string of the molecule is CCC(=O)Nc1ccccc1NC(=O)c1cccnc1. The first-order chi connectivity index (χ1) is 9.70. The van der Waals surface area contributed by atoms with E-state index in [-0.39, 0.29) is 11.8 Å². The van der Waals surface area contributed by atoms with Crippen molar-refractivity contribution >= 4 is 23.2 Å². The Morgan fingerprint density at radius 1 is 1.05 bits per heavy atom. The standard InChI is InChI=1S/C15H15N3O2/c1-2-14(19)17-12-7-3-4-8-13(12)18-15(20)11-6-5-9-16-10-11/h3-10H,2H2,1H3,(H,17,19)(H,18,20). The van der Waals surface area contributed by atoms with Crippen LogP contribution in [-0.4, -0.2) is 16.8 Å². The predicted molar refractivity (Wildman–Crippen MR) is 77.6 cm³/mol. The molecule has 0 atom stereocenters. The Morgan fingerprint density at radius 2 is 1.75 bits per heavy atom. The fourth-order valence-electron chi connectivity index (χ4n) is 1.63. The highest BCUT2D eigenvalue weighted by Crippen LogP contribution is 2.21. The van der Waals surface area contributed by atoms with Gasteiger partial charge in [-0.2, -0.15) is 0 Å². The second-order valence-corrected chi connectivity index (χ2v) is 4.14. The number of para-hydroxylation sites is 2. The molecule has 2 aromatic rings. The van der Waals surface area contributed by atoms with Crippen LogP contribution in [0.2, 0.25) is 0 Å². The van der Waals surface area contributed by atoms with E-state index < -0.39 is 0 Å². The molecule has 0 unspecified atom stereocenters.